The highest BCUT2D eigenvalue weighted by atomic mass is 16.2. The number of likely N-dealkylation sites (N-methyl/N-ethyl adjacent to an activating group) is 1. The molecule has 0 aromatic heterocycles. The van der Waals surface area contributed by atoms with Gasteiger partial charge in [-0.25, -0.2) is 0 Å². The molecule has 20 heavy (non-hydrogen) atoms. The Kier molecular flexibility index (Phi) is 6.73. The summed E-state index contributed by atoms with van der Waals surface area (Å²) in [7, 11) is 0. The Morgan fingerprint density at radius 3 is 2.20 bits per heavy atom. The highest BCUT2D eigenvalue weighted by Gasteiger charge is 2.08. The van der Waals surface area contributed by atoms with E-state index in [1.165, 1.54) is 6.92 Å². The fourth-order valence-corrected chi connectivity index (χ4v) is 1.91. The van der Waals surface area contributed by atoms with E-state index in [4.69, 9.17) is 0 Å². The van der Waals surface area contributed by atoms with E-state index in [1.54, 1.807) is 4.90 Å². The van der Waals surface area contributed by atoms with Crippen molar-refractivity contribution < 1.29 is 9.59 Å². The van der Waals surface area contributed by atoms with Crippen LogP contribution in [0.4, 0.5) is 5.69 Å². The van der Waals surface area contributed by atoms with E-state index in [0.717, 1.165) is 24.3 Å². The fraction of sp³-hybridized carbons (Fsp3) is 0.467. The molecule has 0 radical (unpaired) electrons. The minimum atomic E-state index is -0.0827. The highest BCUT2D eigenvalue weighted by Crippen LogP contribution is 2.09. The summed E-state index contributed by atoms with van der Waals surface area (Å²) in [6.45, 7) is 7.88. The number of hydrogen-bond donors (Lipinski definition) is 2. The van der Waals surface area contributed by atoms with E-state index >= 15 is 0 Å². The average Bonchev–Trinajstić information content (AvgIpc) is 2.41. The number of nitrogens with zero attached hydrogens (tertiary/aromatic N) is 1. The van der Waals surface area contributed by atoms with Crippen molar-refractivity contribution in [2.75, 3.05) is 25.0 Å². The lowest BCUT2D eigenvalue weighted by Crippen LogP contribution is -2.37. The van der Waals surface area contributed by atoms with Gasteiger partial charge in [0.1, 0.15) is 0 Å². The van der Waals surface area contributed by atoms with Gasteiger partial charge in [0.25, 0.3) is 0 Å². The molecular formula is C15H23N3O2. The molecule has 0 aliphatic carbocycles. The molecule has 0 fully saturated rings. The molecule has 0 unspecified atom stereocenters. The van der Waals surface area contributed by atoms with Gasteiger partial charge in [0, 0.05) is 32.2 Å². The first-order valence-corrected chi connectivity index (χ1v) is 6.91. The molecule has 5 nitrogen and oxygen atoms in total. The molecule has 2 amide bonds. The molecule has 2 N–H and O–H groups in total. The van der Waals surface area contributed by atoms with Crippen LogP contribution in [0.5, 0.6) is 0 Å². The summed E-state index contributed by atoms with van der Waals surface area (Å²) in [5, 5.41) is 5.85. The molecule has 1 aromatic carbocycles. The highest BCUT2D eigenvalue weighted by molar-refractivity contribution is 5.88. The molecule has 0 bridgehead atoms. The van der Waals surface area contributed by atoms with Gasteiger partial charge in [-0.15, -0.1) is 0 Å². The molecule has 1 rings (SSSR count). The van der Waals surface area contributed by atoms with Crippen molar-refractivity contribution >= 4 is 17.5 Å². The Hall–Kier alpha value is -1.88. The van der Waals surface area contributed by atoms with E-state index < -0.39 is 0 Å². The van der Waals surface area contributed by atoms with Crippen molar-refractivity contribution in [3.8, 4) is 0 Å². The molecule has 0 aliphatic rings. The number of carbonyl (C=O) groups excluding carboxylic acids is 2. The maximum absolute atomic E-state index is 11.8. The second-order valence-corrected chi connectivity index (χ2v) is 4.55. The van der Waals surface area contributed by atoms with E-state index in [-0.39, 0.29) is 11.8 Å². The molecular weight excluding hydrogens is 254 g/mol. The lowest BCUT2D eigenvalue weighted by atomic mass is 10.2. The first-order valence-electron chi connectivity index (χ1n) is 6.91. The van der Waals surface area contributed by atoms with Crippen LogP contribution in [0.1, 0.15) is 26.3 Å². The molecule has 0 atom stereocenters. The second kappa shape index (κ2) is 8.32. The Labute approximate surface area is 120 Å². The summed E-state index contributed by atoms with van der Waals surface area (Å²) >= 11 is 0. The van der Waals surface area contributed by atoms with Gasteiger partial charge in [0.2, 0.25) is 11.8 Å². The monoisotopic (exact) mass is 277 g/mol. The van der Waals surface area contributed by atoms with Crippen LogP contribution in [0, 0.1) is 0 Å². The normalized spacial score (nSPS) is 10.2. The standard InChI is InChI=1S/C15H23N3O2/c1-4-18(5-2)15(20)11-16-10-13-6-8-14(9-7-13)17-12(3)19/h6-9,16H,4-5,10-11H2,1-3H3,(H,17,19). The third-order valence-corrected chi connectivity index (χ3v) is 3.00. The van der Waals surface area contributed by atoms with Crippen LogP contribution in [0.15, 0.2) is 24.3 Å². The molecule has 110 valence electrons. The Morgan fingerprint density at radius 1 is 1.10 bits per heavy atom. The first-order chi connectivity index (χ1) is 9.56. The van der Waals surface area contributed by atoms with Gasteiger partial charge >= 0.3 is 0 Å². The average molecular weight is 277 g/mol. The van der Waals surface area contributed by atoms with Gasteiger partial charge in [-0.3, -0.25) is 9.59 Å². The molecule has 0 saturated heterocycles. The van der Waals surface area contributed by atoms with Crippen LogP contribution in [-0.2, 0) is 16.1 Å². The van der Waals surface area contributed by atoms with Gasteiger partial charge in [-0.2, -0.15) is 0 Å². The maximum Gasteiger partial charge on any atom is 0.236 e. The molecule has 0 aliphatic heterocycles. The lowest BCUT2D eigenvalue weighted by Gasteiger charge is -2.18. The summed E-state index contributed by atoms with van der Waals surface area (Å²) in [5.41, 5.74) is 1.85. The summed E-state index contributed by atoms with van der Waals surface area (Å²) in [4.78, 5) is 24.5. The summed E-state index contributed by atoms with van der Waals surface area (Å²) in [6, 6.07) is 7.57. The van der Waals surface area contributed by atoms with Crippen LogP contribution in [-0.4, -0.2) is 36.3 Å². The van der Waals surface area contributed by atoms with Crippen molar-refractivity contribution in [3.05, 3.63) is 29.8 Å². The second-order valence-electron chi connectivity index (χ2n) is 4.55. The number of amides is 2. The number of nitrogens with one attached hydrogen (secondary N) is 2. The maximum atomic E-state index is 11.8. The van der Waals surface area contributed by atoms with Crippen LogP contribution in [0.3, 0.4) is 0 Å². The zero-order chi connectivity index (χ0) is 15.0. The Morgan fingerprint density at radius 2 is 1.70 bits per heavy atom. The van der Waals surface area contributed by atoms with Crippen LogP contribution >= 0.6 is 0 Å². The molecule has 0 saturated carbocycles. The van der Waals surface area contributed by atoms with E-state index in [0.29, 0.717) is 13.1 Å². The van der Waals surface area contributed by atoms with Gasteiger partial charge in [0.15, 0.2) is 0 Å². The van der Waals surface area contributed by atoms with Gasteiger partial charge in [-0.1, -0.05) is 12.1 Å². The van der Waals surface area contributed by atoms with Gasteiger partial charge < -0.3 is 15.5 Å². The van der Waals surface area contributed by atoms with Gasteiger partial charge in [-0.05, 0) is 31.5 Å². The predicted molar refractivity (Wildman–Crippen MR) is 80.4 cm³/mol. The summed E-state index contributed by atoms with van der Waals surface area (Å²) in [5.74, 6) is 0.0329. The topological polar surface area (TPSA) is 61.4 Å². The van der Waals surface area contributed by atoms with Crippen LogP contribution < -0.4 is 10.6 Å². The van der Waals surface area contributed by atoms with E-state index in [1.807, 2.05) is 38.1 Å². The third-order valence-electron chi connectivity index (χ3n) is 3.00. The first kappa shape index (κ1) is 16.2. The number of hydrogen-bond acceptors (Lipinski definition) is 3. The van der Waals surface area contributed by atoms with Crippen molar-refractivity contribution in [2.45, 2.75) is 27.3 Å². The number of carbonyl (C=O) groups is 2. The smallest absolute Gasteiger partial charge is 0.236 e. The third kappa shape index (κ3) is 5.40. The number of benzene rings is 1. The zero-order valence-electron chi connectivity index (χ0n) is 12.4. The van der Waals surface area contributed by atoms with Crippen molar-refractivity contribution in [1.82, 2.24) is 10.2 Å². The van der Waals surface area contributed by atoms with Crippen molar-refractivity contribution in [3.63, 3.8) is 0 Å². The number of rotatable bonds is 7. The summed E-state index contributed by atoms with van der Waals surface area (Å²) in [6.07, 6.45) is 0. The van der Waals surface area contributed by atoms with Crippen molar-refractivity contribution in [1.29, 1.82) is 0 Å². The van der Waals surface area contributed by atoms with Crippen molar-refractivity contribution in [2.24, 2.45) is 0 Å². The predicted octanol–water partition coefficient (Wildman–Crippen LogP) is 1.60. The quantitative estimate of drug-likeness (QED) is 0.796. The summed E-state index contributed by atoms with van der Waals surface area (Å²) < 4.78 is 0. The number of anilines is 1. The van der Waals surface area contributed by atoms with Crippen LogP contribution in [0.25, 0.3) is 0 Å². The lowest BCUT2D eigenvalue weighted by molar-refractivity contribution is -0.129. The fourth-order valence-electron chi connectivity index (χ4n) is 1.91. The molecule has 0 heterocycles. The SMILES string of the molecule is CCN(CC)C(=O)CNCc1ccc(NC(C)=O)cc1. The molecule has 1 aromatic rings. The largest absolute Gasteiger partial charge is 0.342 e. The zero-order valence-corrected chi connectivity index (χ0v) is 12.4. The minimum absolute atomic E-state index is 0.0827. The van der Waals surface area contributed by atoms with E-state index in [9.17, 15) is 9.59 Å². The minimum Gasteiger partial charge on any atom is -0.342 e. The molecule has 5 heteroatoms. The Bertz CT molecular complexity index is 439. The van der Waals surface area contributed by atoms with E-state index in [2.05, 4.69) is 10.6 Å². The Balaban J connectivity index is 2.38. The molecule has 0 spiro atoms. The van der Waals surface area contributed by atoms with Crippen LogP contribution in [0.2, 0.25) is 0 Å². The van der Waals surface area contributed by atoms with Gasteiger partial charge in [0.05, 0.1) is 6.54 Å².